The molecule has 2 unspecified atom stereocenters. The average Bonchev–Trinajstić information content (AvgIpc) is 3.07. The van der Waals surface area contributed by atoms with E-state index in [1.807, 2.05) is 25.8 Å². The largest absolute Gasteiger partial charge is 0.355 e. The maximum Gasteiger partial charge on any atom is 0.225 e. The Kier molecular flexibility index (Phi) is 5.61. The second-order valence-corrected chi connectivity index (χ2v) is 7.51. The Labute approximate surface area is 145 Å². The van der Waals surface area contributed by atoms with E-state index in [1.54, 1.807) is 0 Å². The summed E-state index contributed by atoms with van der Waals surface area (Å²) in [6.45, 7) is 12.4. The lowest BCUT2D eigenvalue weighted by molar-refractivity contribution is -0.133. The number of carbonyl (C=O) groups excluding carboxylic acids is 1. The molecule has 136 valence electrons. The van der Waals surface area contributed by atoms with E-state index in [0.717, 1.165) is 38.6 Å². The van der Waals surface area contributed by atoms with Gasteiger partial charge in [0.1, 0.15) is 0 Å². The Morgan fingerprint density at radius 2 is 1.92 bits per heavy atom. The third kappa shape index (κ3) is 4.00. The third-order valence-electron chi connectivity index (χ3n) is 5.46. The van der Waals surface area contributed by atoms with Crippen LogP contribution in [0.3, 0.4) is 0 Å². The van der Waals surface area contributed by atoms with Crippen LogP contribution in [0, 0.1) is 5.92 Å². The highest BCUT2D eigenvalue weighted by molar-refractivity contribution is 5.81. The predicted molar refractivity (Wildman–Crippen MR) is 96.1 cm³/mol. The summed E-state index contributed by atoms with van der Waals surface area (Å²) in [4.78, 5) is 23.6. The molecule has 0 aromatic carbocycles. The van der Waals surface area contributed by atoms with Crippen molar-refractivity contribution in [3.05, 3.63) is 0 Å². The number of likely N-dealkylation sites (tertiary alicyclic amines) is 1. The van der Waals surface area contributed by atoms with Crippen molar-refractivity contribution in [2.45, 2.75) is 32.4 Å². The summed E-state index contributed by atoms with van der Waals surface area (Å²) >= 11 is 0. The van der Waals surface area contributed by atoms with Gasteiger partial charge in [-0.25, -0.2) is 0 Å². The molecule has 0 spiro atoms. The number of guanidine groups is 1. The molecule has 4 saturated heterocycles. The minimum atomic E-state index is 0.0759. The molecule has 4 heterocycles. The molecule has 0 aromatic rings. The summed E-state index contributed by atoms with van der Waals surface area (Å²) in [7, 11) is 1.82. The molecule has 4 aliphatic heterocycles. The van der Waals surface area contributed by atoms with Crippen LogP contribution in [0.15, 0.2) is 4.99 Å². The molecular weight excluding hydrogens is 304 g/mol. The number of hydrogen-bond donors (Lipinski definition) is 2. The van der Waals surface area contributed by atoms with Crippen LogP contribution in [0.5, 0.6) is 0 Å². The minimum absolute atomic E-state index is 0.0759. The van der Waals surface area contributed by atoms with Gasteiger partial charge in [0.15, 0.2) is 5.96 Å². The summed E-state index contributed by atoms with van der Waals surface area (Å²) in [5, 5.41) is 6.97. The van der Waals surface area contributed by atoms with Gasteiger partial charge in [0, 0.05) is 77.4 Å². The highest BCUT2D eigenvalue weighted by Crippen LogP contribution is 2.15. The van der Waals surface area contributed by atoms with Gasteiger partial charge in [-0.15, -0.1) is 0 Å². The van der Waals surface area contributed by atoms with E-state index in [2.05, 4.69) is 25.4 Å². The van der Waals surface area contributed by atoms with Crippen LogP contribution in [0.2, 0.25) is 0 Å². The Morgan fingerprint density at radius 1 is 1.17 bits per heavy atom. The quantitative estimate of drug-likeness (QED) is 0.531. The summed E-state index contributed by atoms with van der Waals surface area (Å²) in [5.74, 6) is 1.19. The fourth-order valence-electron chi connectivity index (χ4n) is 3.96. The first kappa shape index (κ1) is 17.5. The standard InChI is InChI=1S/C17H32N6O/c1-13(2)16(24)23-5-4-14(11-23)20-17(18-3)19-10-15-12-21-6-8-22(15)9-7-21/h13-15H,4-12H2,1-3H3,(H2,18,19,20). The summed E-state index contributed by atoms with van der Waals surface area (Å²) in [6, 6.07) is 0.874. The molecule has 0 saturated carbocycles. The van der Waals surface area contributed by atoms with Crippen molar-refractivity contribution in [1.29, 1.82) is 0 Å². The zero-order chi connectivity index (χ0) is 17.1. The van der Waals surface area contributed by atoms with Crippen molar-refractivity contribution < 1.29 is 4.79 Å². The molecule has 4 fully saturated rings. The van der Waals surface area contributed by atoms with Crippen LogP contribution in [-0.4, -0.2) is 98.1 Å². The number of carbonyl (C=O) groups is 1. The fourth-order valence-corrected chi connectivity index (χ4v) is 3.96. The van der Waals surface area contributed by atoms with Gasteiger partial charge < -0.3 is 15.5 Å². The maximum absolute atomic E-state index is 12.1. The molecule has 2 N–H and O–H groups in total. The maximum atomic E-state index is 12.1. The molecule has 4 aliphatic rings. The highest BCUT2D eigenvalue weighted by Gasteiger charge is 2.32. The van der Waals surface area contributed by atoms with Crippen molar-refractivity contribution >= 4 is 11.9 Å². The lowest BCUT2D eigenvalue weighted by Gasteiger charge is -2.47. The van der Waals surface area contributed by atoms with Gasteiger partial charge in [-0.3, -0.25) is 19.6 Å². The van der Waals surface area contributed by atoms with Crippen LogP contribution >= 0.6 is 0 Å². The van der Waals surface area contributed by atoms with Gasteiger partial charge >= 0.3 is 0 Å². The Balaban J connectivity index is 1.43. The monoisotopic (exact) mass is 336 g/mol. The highest BCUT2D eigenvalue weighted by atomic mass is 16.2. The number of hydrogen-bond acceptors (Lipinski definition) is 4. The number of fused-ring (bicyclic) bond motifs is 3. The molecule has 7 heteroatoms. The van der Waals surface area contributed by atoms with E-state index in [0.29, 0.717) is 12.1 Å². The number of piperazine rings is 3. The lowest BCUT2D eigenvalue weighted by Crippen LogP contribution is -2.64. The first-order valence-electron chi connectivity index (χ1n) is 9.29. The number of nitrogens with one attached hydrogen (secondary N) is 2. The van der Waals surface area contributed by atoms with Gasteiger partial charge in [0.05, 0.1) is 0 Å². The topological polar surface area (TPSA) is 63.2 Å². The molecular formula is C17H32N6O. The minimum Gasteiger partial charge on any atom is -0.355 e. The molecule has 2 bridgehead atoms. The van der Waals surface area contributed by atoms with E-state index in [4.69, 9.17) is 0 Å². The molecule has 0 aliphatic carbocycles. The van der Waals surface area contributed by atoms with Crippen LogP contribution in [-0.2, 0) is 4.79 Å². The number of rotatable bonds is 4. The summed E-state index contributed by atoms with van der Waals surface area (Å²) in [6.07, 6.45) is 0.989. The summed E-state index contributed by atoms with van der Waals surface area (Å²) in [5.41, 5.74) is 0. The SMILES string of the molecule is CN=C(NCC1CN2CCN1CC2)NC1CCN(C(=O)C(C)C)C1. The Hall–Kier alpha value is -1.34. The molecule has 2 atom stereocenters. The number of amides is 1. The van der Waals surface area contributed by atoms with Crippen molar-refractivity contribution in [2.75, 3.05) is 59.4 Å². The van der Waals surface area contributed by atoms with Gasteiger partial charge in [0.2, 0.25) is 5.91 Å². The van der Waals surface area contributed by atoms with E-state index in [-0.39, 0.29) is 11.8 Å². The molecule has 1 amide bonds. The Morgan fingerprint density at radius 3 is 2.50 bits per heavy atom. The molecule has 24 heavy (non-hydrogen) atoms. The van der Waals surface area contributed by atoms with Crippen LogP contribution in [0.25, 0.3) is 0 Å². The van der Waals surface area contributed by atoms with Crippen molar-refractivity contribution in [2.24, 2.45) is 10.9 Å². The van der Waals surface area contributed by atoms with Gasteiger partial charge in [-0.2, -0.15) is 0 Å². The van der Waals surface area contributed by atoms with Crippen LogP contribution < -0.4 is 10.6 Å². The summed E-state index contributed by atoms with van der Waals surface area (Å²) < 4.78 is 0. The zero-order valence-corrected chi connectivity index (χ0v) is 15.3. The van der Waals surface area contributed by atoms with Crippen LogP contribution in [0.1, 0.15) is 20.3 Å². The normalized spacial score (nSPS) is 33.2. The van der Waals surface area contributed by atoms with E-state index in [1.165, 1.54) is 26.2 Å². The van der Waals surface area contributed by atoms with Gasteiger partial charge in [0.25, 0.3) is 0 Å². The molecule has 4 rings (SSSR count). The third-order valence-corrected chi connectivity index (χ3v) is 5.46. The first-order chi connectivity index (χ1) is 11.6. The second-order valence-electron chi connectivity index (χ2n) is 7.51. The predicted octanol–water partition coefficient (Wildman–Crippen LogP) is -0.592. The van der Waals surface area contributed by atoms with Gasteiger partial charge in [-0.1, -0.05) is 13.8 Å². The van der Waals surface area contributed by atoms with Crippen LogP contribution in [0.4, 0.5) is 0 Å². The second kappa shape index (κ2) is 7.70. The molecule has 0 aromatic heterocycles. The molecule has 0 radical (unpaired) electrons. The number of aliphatic imine (C=N–C) groups is 1. The smallest absolute Gasteiger partial charge is 0.225 e. The van der Waals surface area contributed by atoms with Crippen molar-refractivity contribution in [3.63, 3.8) is 0 Å². The van der Waals surface area contributed by atoms with Gasteiger partial charge in [-0.05, 0) is 6.42 Å². The van der Waals surface area contributed by atoms with E-state index < -0.39 is 0 Å². The number of nitrogens with zero attached hydrogens (tertiary/aromatic N) is 4. The van der Waals surface area contributed by atoms with E-state index >= 15 is 0 Å². The lowest BCUT2D eigenvalue weighted by atomic mass is 10.1. The zero-order valence-electron chi connectivity index (χ0n) is 15.3. The first-order valence-corrected chi connectivity index (χ1v) is 9.29. The Bertz CT molecular complexity index is 472. The van der Waals surface area contributed by atoms with E-state index in [9.17, 15) is 4.79 Å². The van der Waals surface area contributed by atoms with Crippen molar-refractivity contribution in [3.8, 4) is 0 Å². The van der Waals surface area contributed by atoms with Crippen molar-refractivity contribution in [1.82, 2.24) is 25.3 Å². The average molecular weight is 336 g/mol. The fraction of sp³-hybridized carbons (Fsp3) is 0.882. The molecule has 7 nitrogen and oxygen atoms in total.